The number of ether oxygens (including phenoxy) is 2. The van der Waals surface area contributed by atoms with Crippen LogP contribution in [0.2, 0.25) is 0 Å². The largest absolute Gasteiger partial charge is 0.493 e. The van der Waals surface area contributed by atoms with Crippen LogP contribution in [-0.2, 0) is 6.54 Å². The number of piperazine rings is 1. The average molecular weight is 293 g/mol. The zero-order chi connectivity index (χ0) is 15.2. The van der Waals surface area contributed by atoms with Crippen LogP contribution in [0.4, 0.5) is 0 Å². The summed E-state index contributed by atoms with van der Waals surface area (Å²) in [5.41, 5.74) is 0.945. The van der Waals surface area contributed by atoms with Crippen molar-refractivity contribution in [2.45, 2.75) is 45.3 Å². The molecule has 2 heterocycles. The van der Waals surface area contributed by atoms with Crippen LogP contribution in [0.1, 0.15) is 32.4 Å². The molecule has 1 saturated heterocycles. The Morgan fingerprint density at radius 2 is 2.19 bits per heavy atom. The number of pyridine rings is 1. The monoisotopic (exact) mass is 293 g/mol. The fourth-order valence-electron chi connectivity index (χ4n) is 2.91. The van der Waals surface area contributed by atoms with E-state index in [0.29, 0.717) is 12.1 Å². The molecule has 2 atom stereocenters. The van der Waals surface area contributed by atoms with Crippen LogP contribution >= 0.6 is 0 Å². The fraction of sp³-hybridized carbons (Fsp3) is 0.688. The first-order valence-electron chi connectivity index (χ1n) is 7.72. The summed E-state index contributed by atoms with van der Waals surface area (Å²) in [5, 5.41) is 3.62. The van der Waals surface area contributed by atoms with Crippen LogP contribution < -0.4 is 14.8 Å². The Morgan fingerprint density at radius 1 is 1.38 bits per heavy atom. The summed E-state index contributed by atoms with van der Waals surface area (Å²) in [7, 11) is 3.33. The lowest BCUT2D eigenvalue weighted by molar-refractivity contribution is 0.126. The Bertz CT molecular complexity index is 453. The Hall–Kier alpha value is -1.33. The molecule has 5 nitrogen and oxygen atoms in total. The molecule has 0 aromatic carbocycles. The maximum Gasteiger partial charge on any atom is 0.183 e. The topological polar surface area (TPSA) is 46.6 Å². The van der Waals surface area contributed by atoms with E-state index >= 15 is 0 Å². The number of hydrogen-bond acceptors (Lipinski definition) is 5. The highest BCUT2D eigenvalue weighted by molar-refractivity contribution is 5.42. The first kappa shape index (κ1) is 16.0. The van der Waals surface area contributed by atoms with Crippen molar-refractivity contribution >= 4 is 0 Å². The quantitative estimate of drug-likeness (QED) is 0.870. The number of rotatable bonds is 6. The van der Waals surface area contributed by atoms with Gasteiger partial charge in [-0.05, 0) is 13.3 Å². The van der Waals surface area contributed by atoms with Gasteiger partial charge in [0, 0.05) is 44.0 Å². The van der Waals surface area contributed by atoms with E-state index in [9.17, 15) is 0 Å². The molecule has 2 unspecified atom stereocenters. The molecular formula is C16H27N3O2. The highest BCUT2D eigenvalue weighted by Gasteiger charge is 2.26. The van der Waals surface area contributed by atoms with Crippen molar-refractivity contribution in [2.75, 3.05) is 27.3 Å². The van der Waals surface area contributed by atoms with Gasteiger partial charge in [-0.2, -0.15) is 0 Å². The van der Waals surface area contributed by atoms with Crippen molar-refractivity contribution in [3.05, 3.63) is 18.0 Å². The summed E-state index contributed by atoms with van der Waals surface area (Å²) in [4.78, 5) is 6.96. The van der Waals surface area contributed by atoms with Gasteiger partial charge < -0.3 is 14.8 Å². The lowest BCUT2D eigenvalue weighted by Gasteiger charge is -2.38. The number of methoxy groups -OCH3 is 2. The highest BCUT2D eigenvalue weighted by atomic mass is 16.5. The first-order valence-corrected chi connectivity index (χ1v) is 7.72. The zero-order valence-electron chi connectivity index (χ0n) is 13.6. The van der Waals surface area contributed by atoms with E-state index in [1.165, 1.54) is 12.8 Å². The van der Waals surface area contributed by atoms with Gasteiger partial charge in [0.1, 0.15) is 5.69 Å². The number of nitrogens with zero attached hydrogens (tertiary/aromatic N) is 2. The minimum absolute atomic E-state index is 0.496. The third-order valence-electron chi connectivity index (χ3n) is 4.14. The Balaban J connectivity index is 2.12. The van der Waals surface area contributed by atoms with Crippen molar-refractivity contribution in [2.24, 2.45) is 0 Å². The lowest BCUT2D eigenvalue weighted by Crippen LogP contribution is -2.54. The van der Waals surface area contributed by atoms with Crippen molar-refractivity contribution in [1.29, 1.82) is 0 Å². The molecule has 2 rings (SSSR count). The number of aromatic nitrogens is 1. The predicted octanol–water partition coefficient (Wildman–Crippen LogP) is 2.06. The van der Waals surface area contributed by atoms with Gasteiger partial charge >= 0.3 is 0 Å². The van der Waals surface area contributed by atoms with Crippen LogP contribution in [0.5, 0.6) is 11.5 Å². The molecule has 1 fully saturated rings. The standard InChI is InChI=1S/C16H27N3O2/c1-5-6-13-10-19(12(2)9-18-13)11-14-16(21-4)15(20-3)7-8-17-14/h7-8,12-13,18H,5-6,9-11H2,1-4H3. The molecule has 1 aliphatic heterocycles. The lowest BCUT2D eigenvalue weighted by atomic mass is 10.1. The van der Waals surface area contributed by atoms with Crippen LogP contribution in [0.15, 0.2) is 12.3 Å². The summed E-state index contributed by atoms with van der Waals surface area (Å²) >= 11 is 0. The molecule has 0 bridgehead atoms. The van der Waals surface area contributed by atoms with Crippen molar-refractivity contribution < 1.29 is 9.47 Å². The predicted molar refractivity (Wildman–Crippen MR) is 83.9 cm³/mol. The highest BCUT2D eigenvalue weighted by Crippen LogP contribution is 2.30. The molecule has 0 amide bonds. The molecule has 0 aliphatic carbocycles. The van der Waals surface area contributed by atoms with Crippen molar-refractivity contribution in [3.63, 3.8) is 0 Å². The summed E-state index contributed by atoms with van der Waals surface area (Å²) < 4.78 is 10.8. The van der Waals surface area contributed by atoms with Crippen molar-refractivity contribution in [1.82, 2.24) is 15.2 Å². The second-order valence-electron chi connectivity index (χ2n) is 5.67. The average Bonchev–Trinajstić information content (AvgIpc) is 2.50. The third kappa shape index (κ3) is 3.86. The Labute approximate surface area is 127 Å². The van der Waals surface area contributed by atoms with E-state index in [4.69, 9.17) is 9.47 Å². The molecular weight excluding hydrogens is 266 g/mol. The summed E-state index contributed by atoms with van der Waals surface area (Å²) in [6.45, 7) is 7.36. The smallest absolute Gasteiger partial charge is 0.183 e. The molecule has 0 saturated carbocycles. The summed E-state index contributed by atoms with van der Waals surface area (Å²) in [5.74, 6) is 1.49. The minimum Gasteiger partial charge on any atom is -0.493 e. The second kappa shape index (κ2) is 7.61. The molecule has 0 radical (unpaired) electrons. The van der Waals surface area contributed by atoms with Gasteiger partial charge in [0.2, 0.25) is 0 Å². The number of hydrogen-bond donors (Lipinski definition) is 1. The SMILES string of the molecule is CCCC1CN(Cc2nccc(OC)c2OC)C(C)CN1. The van der Waals surface area contributed by atoms with E-state index in [1.54, 1.807) is 20.4 Å². The van der Waals surface area contributed by atoms with Crippen LogP contribution in [0.25, 0.3) is 0 Å². The molecule has 0 spiro atoms. The Kier molecular flexibility index (Phi) is 5.82. The van der Waals surface area contributed by atoms with Gasteiger partial charge in [0.25, 0.3) is 0 Å². The molecule has 118 valence electrons. The van der Waals surface area contributed by atoms with Crippen molar-refractivity contribution in [3.8, 4) is 11.5 Å². The minimum atomic E-state index is 0.496. The molecule has 1 N–H and O–H groups in total. The zero-order valence-corrected chi connectivity index (χ0v) is 13.6. The maximum atomic E-state index is 5.49. The van der Waals surface area contributed by atoms with E-state index in [1.807, 2.05) is 6.07 Å². The van der Waals surface area contributed by atoms with E-state index < -0.39 is 0 Å². The molecule has 1 aromatic heterocycles. The van der Waals surface area contributed by atoms with Crippen LogP contribution in [-0.4, -0.2) is 49.3 Å². The Morgan fingerprint density at radius 3 is 2.86 bits per heavy atom. The molecule has 21 heavy (non-hydrogen) atoms. The normalized spacial score (nSPS) is 23.0. The fourth-order valence-corrected chi connectivity index (χ4v) is 2.91. The molecule has 1 aliphatic rings. The van der Waals surface area contributed by atoms with Gasteiger partial charge in [-0.3, -0.25) is 9.88 Å². The molecule has 5 heteroatoms. The molecule has 1 aromatic rings. The van der Waals surface area contributed by atoms with E-state index in [0.717, 1.165) is 36.8 Å². The van der Waals surface area contributed by atoms with Gasteiger partial charge in [-0.1, -0.05) is 13.3 Å². The first-order chi connectivity index (χ1) is 10.2. The van der Waals surface area contributed by atoms with E-state index in [-0.39, 0.29) is 0 Å². The van der Waals surface area contributed by atoms with Gasteiger partial charge in [-0.25, -0.2) is 0 Å². The van der Waals surface area contributed by atoms with Gasteiger partial charge in [0.15, 0.2) is 11.5 Å². The third-order valence-corrected chi connectivity index (χ3v) is 4.14. The van der Waals surface area contributed by atoms with Crippen LogP contribution in [0, 0.1) is 0 Å². The van der Waals surface area contributed by atoms with Crippen LogP contribution in [0.3, 0.4) is 0 Å². The second-order valence-corrected chi connectivity index (χ2v) is 5.67. The summed E-state index contributed by atoms with van der Waals surface area (Å²) in [6.07, 6.45) is 4.21. The van der Waals surface area contributed by atoms with E-state index in [2.05, 4.69) is 29.0 Å². The maximum absolute atomic E-state index is 5.49. The van der Waals surface area contributed by atoms with Gasteiger partial charge in [0.05, 0.1) is 14.2 Å². The summed E-state index contributed by atoms with van der Waals surface area (Å²) in [6, 6.07) is 2.90. The van der Waals surface area contributed by atoms with Gasteiger partial charge in [-0.15, -0.1) is 0 Å². The number of nitrogens with one attached hydrogen (secondary N) is 1.